The van der Waals surface area contributed by atoms with Crippen molar-refractivity contribution in [1.82, 2.24) is 25.6 Å². The average Bonchev–Trinajstić information content (AvgIpc) is 2.70. The van der Waals surface area contributed by atoms with Gasteiger partial charge in [0.15, 0.2) is 5.16 Å². The predicted octanol–water partition coefficient (Wildman–Crippen LogP) is -0.443. The minimum absolute atomic E-state index is 0.180. The van der Waals surface area contributed by atoms with Gasteiger partial charge in [-0.05, 0) is 6.92 Å². The molecule has 0 saturated carbocycles. The Morgan fingerprint density at radius 1 is 1.50 bits per heavy atom. The van der Waals surface area contributed by atoms with E-state index in [1.807, 2.05) is 11.5 Å². The summed E-state index contributed by atoms with van der Waals surface area (Å²) in [6.45, 7) is 4.04. The normalized spacial score (nSPS) is 9.88. The van der Waals surface area contributed by atoms with Gasteiger partial charge in [-0.25, -0.2) is 0 Å². The summed E-state index contributed by atoms with van der Waals surface area (Å²) >= 11 is 1.26. The Morgan fingerprint density at radius 3 is 2.88 bits per heavy atom. The Balaban J connectivity index is 2.34. The lowest BCUT2D eigenvalue weighted by Gasteiger charge is -2.04. The van der Waals surface area contributed by atoms with E-state index in [2.05, 4.69) is 21.0 Å². The van der Waals surface area contributed by atoms with Crippen LogP contribution in [0.4, 0.5) is 0 Å². The topological polar surface area (TPSA) is 88.9 Å². The Hall–Kier alpha value is -1.57. The first-order valence-electron chi connectivity index (χ1n) is 4.69. The van der Waals surface area contributed by atoms with Gasteiger partial charge in [0.2, 0.25) is 11.8 Å². The summed E-state index contributed by atoms with van der Waals surface area (Å²) in [5, 5.41) is 8.28. The molecule has 0 aromatic carbocycles. The summed E-state index contributed by atoms with van der Waals surface area (Å²) in [5.41, 5.74) is 4.47. The van der Waals surface area contributed by atoms with Crippen LogP contribution in [-0.2, 0) is 16.1 Å². The summed E-state index contributed by atoms with van der Waals surface area (Å²) in [4.78, 5) is 21.8. The number of nitrogens with one attached hydrogen (secondary N) is 2. The maximum atomic E-state index is 11.2. The van der Waals surface area contributed by atoms with Crippen molar-refractivity contribution >= 4 is 23.6 Å². The molecule has 1 heterocycles. The molecule has 0 fully saturated rings. The van der Waals surface area contributed by atoms with Crippen molar-refractivity contribution in [2.45, 2.75) is 25.5 Å². The number of carbonyl (C=O) groups excluding carboxylic acids is 2. The number of rotatable bonds is 4. The molecule has 0 atom stereocenters. The summed E-state index contributed by atoms with van der Waals surface area (Å²) in [5.74, 6) is -0.417. The summed E-state index contributed by atoms with van der Waals surface area (Å²) in [6.07, 6.45) is 1.61. The Labute approximate surface area is 97.0 Å². The molecule has 0 aliphatic carbocycles. The van der Waals surface area contributed by atoms with Crippen LogP contribution >= 0.6 is 11.8 Å². The third kappa shape index (κ3) is 3.89. The van der Waals surface area contributed by atoms with Crippen molar-refractivity contribution in [3.63, 3.8) is 0 Å². The Morgan fingerprint density at radius 2 is 2.25 bits per heavy atom. The van der Waals surface area contributed by atoms with Crippen LogP contribution in [0, 0.1) is 0 Å². The van der Waals surface area contributed by atoms with Crippen LogP contribution in [-0.4, -0.2) is 32.3 Å². The second-order valence-electron chi connectivity index (χ2n) is 2.92. The average molecular weight is 243 g/mol. The van der Waals surface area contributed by atoms with E-state index in [-0.39, 0.29) is 17.6 Å². The lowest BCUT2D eigenvalue weighted by atomic mass is 10.7. The van der Waals surface area contributed by atoms with Gasteiger partial charge in [0, 0.05) is 13.5 Å². The quantitative estimate of drug-likeness (QED) is 0.552. The first kappa shape index (κ1) is 12.5. The van der Waals surface area contributed by atoms with Gasteiger partial charge in [-0.1, -0.05) is 11.8 Å². The van der Waals surface area contributed by atoms with Crippen LogP contribution in [0.25, 0.3) is 0 Å². The summed E-state index contributed by atoms with van der Waals surface area (Å²) < 4.78 is 1.83. The molecule has 2 amide bonds. The molecule has 1 aromatic heterocycles. The third-order valence-electron chi connectivity index (χ3n) is 1.63. The second kappa shape index (κ2) is 6.11. The number of aromatic nitrogens is 3. The van der Waals surface area contributed by atoms with Crippen molar-refractivity contribution < 1.29 is 9.59 Å². The van der Waals surface area contributed by atoms with E-state index in [1.165, 1.54) is 18.7 Å². The molecule has 8 heteroatoms. The highest BCUT2D eigenvalue weighted by atomic mass is 32.2. The van der Waals surface area contributed by atoms with E-state index in [4.69, 9.17) is 0 Å². The van der Waals surface area contributed by atoms with E-state index in [0.29, 0.717) is 5.16 Å². The van der Waals surface area contributed by atoms with Crippen LogP contribution < -0.4 is 10.9 Å². The van der Waals surface area contributed by atoms with E-state index in [0.717, 1.165) is 6.54 Å². The Bertz CT molecular complexity index is 378. The fourth-order valence-corrected chi connectivity index (χ4v) is 1.68. The SMILES string of the molecule is CCn1cnnc1SCC(=O)NNC(C)=O. The highest BCUT2D eigenvalue weighted by Crippen LogP contribution is 2.13. The van der Waals surface area contributed by atoms with Crippen molar-refractivity contribution in [1.29, 1.82) is 0 Å². The highest BCUT2D eigenvalue weighted by molar-refractivity contribution is 7.99. The smallest absolute Gasteiger partial charge is 0.248 e. The van der Waals surface area contributed by atoms with Gasteiger partial charge in [-0.2, -0.15) is 0 Å². The van der Waals surface area contributed by atoms with Crippen LogP contribution in [0.2, 0.25) is 0 Å². The van der Waals surface area contributed by atoms with Gasteiger partial charge in [-0.3, -0.25) is 20.4 Å². The molecule has 2 N–H and O–H groups in total. The fourth-order valence-electron chi connectivity index (χ4n) is 0.897. The minimum Gasteiger partial charge on any atom is -0.309 e. The van der Waals surface area contributed by atoms with Gasteiger partial charge < -0.3 is 4.57 Å². The predicted molar refractivity (Wildman–Crippen MR) is 58.4 cm³/mol. The number of carbonyl (C=O) groups is 2. The Kier molecular flexibility index (Phi) is 4.77. The van der Waals surface area contributed by atoms with Crippen LogP contribution in [0.5, 0.6) is 0 Å². The van der Waals surface area contributed by atoms with Gasteiger partial charge in [0.1, 0.15) is 6.33 Å². The zero-order valence-corrected chi connectivity index (χ0v) is 9.87. The van der Waals surface area contributed by atoms with Crippen molar-refractivity contribution in [2.75, 3.05) is 5.75 Å². The summed E-state index contributed by atoms with van der Waals surface area (Å²) in [6, 6.07) is 0. The molecule has 1 aromatic rings. The molecule has 0 unspecified atom stereocenters. The van der Waals surface area contributed by atoms with Crippen molar-refractivity contribution in [3.05, 3.63) is 6.33 Å². The standard InChI is InChI=1S/C8H13N5O2S/c1-3-13-5-9-12-8(13)16-4-7(15)11-10-6(2)14/h5H,3-4H2,1-2H3,(H,10,14)(H,11,15). The molecule has 0 radical (unpaired) electrons. The van der Waals surface area contributed by atoms with E-state index in [9.17, 15) is 9.59 Å². The molecule has 0 spiro atoms. The second-order valence-corrected chi connectivity index (χ2v) is 3.86. The molecule has 0 saturated heterocycles. The zero-order chi connectivity index (χ0) is 12.0. The molecule has 1 rings (SSSR count). The van der Waals surface area contributed by atoms with E-state index < -0.39 is 0 Å². The monoisotopic (exact) mass is 243 g/mol. The minimum atomic E-state index is -0.310. The highest BCUT2D eigenvalue weighted by Gasteiger charge is 2.07. The third-order valence-corrected chi connectivity index (χ3v) is 2.61. The molecule has 7 nitrogen and oxygen atoms in total. The van der Waals surface area contributed by atoms with Crippen LogP contribution in [0.3, 0.4) is 0 Å². The molecule has 0 bridgehead atoms. The number of nitrogens with zero attached hydrogens (tertiary/aromatic N) is 3. The number of hydrazine groups is 1. The first-order valence-corrected chi connectivity index (χ1v) is 5.68. The van der Waals surface area contributed by atoms with Crippen LogP contribution in [0.1, 0.15) is 13.8 Å². The number of hydrogen-bond acceptors (Lipinski definition) is 5. The number of hydrogen-bond donors (Lipinski definition) is 2. The maximum Gasteiger partial charge on any atom is 0.248 e. The fraction of sp³-hybridized carbons (Fsp3) is 0.500. The molecule has 0 aliphatic heterocycles. The van der Waals surface area contributed by atoms with Crippen LogP contribution in [0.15, 0.2) is 11.5 Å². The number of aryl methyl sites for hydroxylation is 1. The number of thioether (sulfide) groups is 1. The molecule has 0 aliphatic rings. The van der Waals surface area contributed by atoms with Gasteiger partial charge in [-0.15, -0.1) is 10.2 Å². The molecular formula is C8H13N5O2S. The van der Waals surface area contributed by atoms with Crippen molar-refractivity contribution in [3.8, 4) is 0 Å². The van der Waals surface area contributed by atoms with E-state index in [1.54, 1.807) is 6.33 Å². The molecule has 88 valence electrons. The number of amides is 2. The zero-order valence-electron chi connectivity index (χ0n) is 9.06. The van der Waals surface area contributed by atoms with E-state index >= 15 is 0 Å². The molecular weight excluding hydrogens is 230 g/mol. The molecule has 16 heavy (non-hydrogen) atoms. The van der Waals surface area contributed by atoms with Gasteiger partial charge in [0.05, 0.1) is 5.75 Å². The van der Waals surface area contributed by atoms with Crippen molar-refractivity contribution in [2.24, 2.45) is 0 Å². The maximum absolute atomic E-state index is 11.2. The summed E-state index contributed by atoms with van der Waals surface area (Å²) in [7, 11) is 0. The van der Waals surface area contributed by atoms with Gasteiger partial charge >= 0.3 is 0 Å². The largest absolute Gasteiger partial charge is 0.309 e. The lowest BCUT2D eigenvalue weighted by molar-refractivity contribution is -0.126. The van der Waals surface area contributed by atoms with Gasteiger partial charge in [0.25, 0.3) is 0 Å². The first-order chi connectivity index (χ1) is 7.63. The lowest BCUT2D eigenvalue weighted by Crippen LogP contribution is -2.41.